The molecule has 0 aliphatic carbocycles. The van der Waals surface area contributed by atoms with Gasteiger partial charge in [-0.2, -0.15) is 0 Å². The van der Waals surface area contributed by atoms with E-state index in [-0.39, 0.29) is 11.5 Å². The minimum absolute atomic E-state index is 0.189. The van der Waals surface area contributed by atoms with Crippen molar-refractivity contribution < 1.29 is 9.53 Å². The van der Waals surface area contributed by atoms with Crippen LogP contribution in [0.5, 0.6) is 0 Å². The van der Waals surface area contributed by atoms with Crippen LogP contribution in [0.2, 0.25) is 0 Å². The summed E-state index contributed by atoms with van der Waals surface area (Å²) >= 11 is 5.22. The van der Waals surface area contributed by atoms with E-state index in [1.54, 1.807) is 24.3 Å². The van der Waals surface area contributed by atoms with Crippen molar-refractivity contribution in [2.75, 3.05) is 19.8 Å². The molecule has 0 fully saturated rings. The first kappa shape index (κ1) is 20.1. The van der Waals surface area contributed by atoms with Crippen LogP contribution in [0.4, 0.5) is 0 Å². The number of nitrogens with zero attached hydrogens (tertiary/aromatic N) is 1. The molecule has 0 aliphatic rings. The third-order valence-corrected chi connectivity index (χ3v) is 4.08. The first-order chi connectivity index (χ1) is 12.4. The van der Waals surface area contributed by atoms with Crippen LogP contribution in [0, 0.1) is 10.7 Å². The Morgan fingerprint density at radius 1 is 1.46 bits per heavy atom. The Balaban J connectivity index is 2.05. The Morgan fingerprint density at radius 2 is 2.23 bits per heavy atom. The van der Waals surface area contributed by atoms with Crippen molar-refractivity contribution in [2.24, 2.45) is 5.92 Å². The van der Waals surface area contributed by atoms with Gasteiger partial charge in [0.15, 0.2) is 4.77 Å². The molecule has 2 rings (SSSR count). The number of hydrogen-bond donors (Lipinski definition) is 2. The highest BCUT2D eigenvalue weighted by Crippen LogP contribution is 2.11. The first-order valence-corrected chi connectivity index (χ1v) is 9.08. The lowest BCUT2D eigenvalue weighted by Gasteiger charge is -2.09. The lowest BCUT2D eigenvalue weighted by atomic mass is 10.1. The van der Waals surface area contributed by atoms with Crippen molar-refractivity contribution in [1.82, 2.24) is 14.9 Å². The Morgan fingerprint density at radius 3 is 2.92 bits per heavy atom. The van der Waals surface area contributed by atoms with Crippen molar-refractivity contribution in [3.8, 4) is 0 Å². The molecular weight excluding hydrogens is 350 g/mol. The zero-order chi connectivity index (χ0) is 19.1. The molecule has 0 saturated carbocycles. The summed E-state index contributed by atoms with van der Waals surface area (Å²) in [6, 6.07) is 4.93. The Hall–Kier alpha value is -2.25. The lowest BCUT2D eigenvalue weighted by Crippen LogP contribution is -2.26. The number of allylic oxidation sites excluding steroid dienone is 1. The summed E-state index contributed by atoms with van der Waals surface area (Å²) in [5, 5.41) is 3.34. The van der Waals surface area contributed by atoms with Crippen LogP contribution >= 0.6 is 12.2 Å². The predicted octanol–water partition coefficient (Wildman–Crippen LogP) is 3.04. The standard InChI is InChI=1S/C19H25N3O3S/c1-4-9-22-18(24)15-7-6-14(11-16(15)21-19(22)26)17(23)20-8-5-10-25-12-13(2)3/h4,6-7,11,13H,1,5,8-10,12H2,2-3H3,(H,20,23)(H,21,26). The Kier molecular flexibility index (Phi) is 7.29. The van der Waals surface area contributed by atoms with Gasteiger partial charge in [-0.15, -0.1) is 6.58 Å². The monoisotopic (exact) mass is 375 g/mol. The minimum atomic E-state index is -0.196. The molecule has 7 heteroatoms. The molecular formula is C19H25N3O3S. The summed E-state index contributed by atoms with van der Waals surface area (Å²) in [5.41, 5.74) is 0.832. The van der Waals surface area contributed by atoms with Gasteiger partial charge < -0.3 is 15.0 Å². The van der Waals surface area contributed by atoms with Crippen molar-refractivity contribution in [1.29, 1.82) is 0 Å². The topological polar surface area (TPSA) is 76.1 Å². The van der Waals surface area contributed by atoms with Crippen LogP contribution in [-0.4, -0.2) is 35.2 Å². The summed E-state index contributed by atoms with van der Waals surface area (Å²) in [6.45, 7) is 10.0. The molecule has 0 atom stereocenters. The molecule has 2 aromatic rings. The summed E-state index contributed by atoms with van der Waals surface area (Å²) in [4.78, 5) is 27.7. The van der Waals surface area contributed by atoms with E-state index in [0.29, 0.717) is 46.9 Å². The third kappa shape index (κ3) is 5.12. The van der Waals surface area contributed by atoms with Gasteiger partial charge in [-0.1, -0.05) is 19.9 Å². The number of rotatable bonds is 9. The van der Waals surface area contributed by atoms with Gasteiger partial charge >= 0.3 is 0 Å². The first-order valence-electron chi connectivity index (χ1n) is 8.67. The molecule has 26 heavy (non-hydrogen) atoms. The average Bonchev–Trinajstić information content (AvgIpc) is 2.60. The van der Waals surface area contributed by atoms with Gasteiger partial charge in [0.1, 0.15) is 0 Å². The molecule has 0 aliphatic heterocycles. The van der Waals surface area contributed by atoms with Crippen LogP contribution in [0.15, 0.2) is 35.6 Å². The van der Waals surface area contributed by atoms with Crippen molar-refractivity contribution in [3.63, 3.8) is 0 Å². The van der Waals surface area contributed by atoms with Crippen LogP contribution in [0.25, 0.3) is 10.9 Å². The van der Waals surface area contributed by atoms with E-state index >= 15 is 0 Å². The van der Waals surface area contributed by atoms with Gasteiger partial charge in [-0.3, -0.25) is 14.2 Å². The third-order valence-electron chi connectivity index (χ3n) is 3.76. The summed E-state index contributed by atoms with van der Waals surface area (Å²) in [7, 11) is 0. The van der Waals surface area contributed by atoms with E-state index in [4.69, 9.17) is 17.0 Å². The molecule has 0 unspecified atom stereocenters. The number of amides is 1. The maximum atomic E-state index is 12.5. The SMILES string of the molecule is C=CCn1c(=S)[nH]c2cc(C(=O)NCCCOCC(C)C)ccc2c1=O. The van der Waals surface area contributed by atoms with Crippen LogP contribution in [0.3, 0.4) is 0 Å². The average molecular weight is 375 g/mol. The molecule has 2 N–H and O–H groups in total. The number of fused-ring (bicyclic) bond motifs is 1. The van der Waals surface area contributed by atoms with Crippen LogP contribution in [-0.2, 0) is 11.3 Å². The van der Waals surface area contributed by atoms with Gasteiger partial charge in [-0.05, 0) is 42.8 Å². The fourth-order valence-electron chi connectivity index (χ4n) is 2.49. The van der Waals surface area contributed by atoms with Gasteiger partial charge in [-0.25, -0.2) is 0 Å². The van der Waals surface area contributed by atoms with Gasteiger partial charge in [0, 0.05) is 31.9 Å². The molecule has 0 radical (unpaired) electrons. The van der Waals surface area contributed by atoms with Crippen molar-refractivity contribution >= 4 is 29.0 Å². The number of carbonyl (C=O) groups excluding carboxylic acids is 1. The zero-order valence-corrected chi connectivity index (χ0v) is 16.0. The second kappa shape index (κ2) is 9.45. The molecule has 1 amide bonds. The number of H-pyrrole nitrogens is 1. The second-order valence-corrected chi connectivity index (χ2v) is 6.86. The predicted molar refractivity (Wildman–Crippen MR) is 106 cm³/mol. The summed E-state index contributed by atoms with van der Waals surface area (Å²) < 4.78 is 7.23. The molecule has 0 saturated heterocycles. The minimum Gasteiger partial charge on any atom is -0.381 e. The number of benzene rings is 1. The molecule has 6 nitrogen and oxygen atoms in total. The highest BCUT2D eigenvalue weighted by molar-refractivity contribution is 7.71. The van der Waals surface area contributed by atoms with E-state index in [1.165, 1.54) is 4.57 Å². The number of aromatic amines is 1. The number of nitrogens with one attached hydrogen (secondary N) is 2. The highest BCUT2D eigenvalue weighted by atomic mass is 32.1. The molecule has 1 aromatic heterocycles. The van der Waals surface area contributed by atoms with Gasteiger partial charge in [0.2, 0.25) is 0 Å². The summed E-state index contributed by atoms with van der Waals surface area (Å²) in [5.74, 6) is 0.314. The van der Waals surface area contributed by atoms with E-state index in [1.807, 2.05) is 0 Å². The summed E-state index contributed by atoms with van der Waals surface area (Å²) in [6.07, 6.45) is 2.37. The number of carbonyl (C=O) groups is 1. The maximum Gasteiger partial charge on any atom is 0.262 e. The fourth-order valence-corrected chi connectivity index (χ4v) is 2.76. The molecule has 1 aromatic carbocycles. The molecule has 1 heterocycles. The van der Waals surface area contributed by atoms with Gasteiger partial charge in [0.25, 0.3) is 11.5 Å². The van der Waals surface area contributed by atoms with Gasteiger partial charge in [0.05, 0.1) is 10.9 Å². The highest BCUT2D eigenvalue weighted by Gasteiger charge is 2.09. The lowest BCUT2D eigenvalue weighted by molar-refractivity contribution is 0.0925. The number of aromatic nitrogens is 2. The van der Waals surface area contributed by atoms with Crippen LogP contribution < -0.4 is 10.9 Å². The van der Waals surface area contributed by atoms with E-state index in [9.17, 15) is 9.59 Å². The smallest absolute Gasteiger partial charge is 0.262 e. The van der Waals surface area contributed by atoms with Crippen molar-refractivity contribution in [3.05, 3.63) is 51.5 Å². The second-order valence-electron chi connectivity index (χ2n) is 6.47. The van der Waals surface area contributed by atoms with E-state index in [0.717, 1.165) is 13.0 Å². The van der Waals surface area contributed by atoms with Crippen LogP contribution in [0.1, 0.15) is 30.6 Å². The largest absolute Gasteiger partial charge is 0.381 e. The fraction of sp³-hybridized carbons (Fsp3) is 0.421. The molecule has 140 valence electrons. The van der Waals surface area contributed by atoms with E-state index in [2.05, 4.69) is 30.7 Å². The van der Waals surface area contributed by atoms with Crippen molar-refractivity contribution in [2.45, 2.75) is 26.8 Å². The Labute approximate surface area is 157 Å². The number of ether oxygens (including phenoxy) is 1. The Bertz CT molecular complexity index is 899. The zero-order valence-electron chi connectivity index (χ0n) is 15.2. The normalized spacial score (nSPS) is 11.0. The molecule has 0 bridgehead atoms. The molecule has 0 spiro atoms. The maximum absolute atomic E-state index is 12.5. The quantitative estimate of drug-likeness (QED) is 0.401. The van der Waals surface area contributed by atoms with E-state index < -0.39 is 0 Å². The number of hydrogen-bond acceptors (Lipinski definition) is 4.